The van der Waals surface area contributed by atoms with Gasteiger partial charge in [-0.25, -0.2) is 8.42 Å². The monoisotopic (exact) mass is 361 g/mol. The molecule has 0 fully saturated rings. The van der Waals surface area contributed by atoms with E-state index >= 15 is 0 Å². The standard InChI is InChI=1S/C18H23N3O3S/c1-3-21(4-2)25(23,24)17-12-10-16(11-13-17)20-18(22)14-19-15-8-6-5-7-9-15/h5-13,19H,3-4,14H2,1-2H3,(H,20,22). The van der Waals surface area contributed by atoms with Crippen molar-refractivity contribution >= 4 is 27.3 Å². The predicted molar refractivity (Wildman–Crippen MR) is 100 cm³/mol. The summed E-state index contributed by atoms with van der Waals surface area (Å²) in [6, 6.07) is 15.6. The zero-order valence-electron chi connectivity index (χ0n) is 14.4. The van der Waals surface area contributed by atoms with Crippen molar-refractivity contribution in [3.05, 3.63) is 54.6 Å². The summed E-state index contributed by atoms with van der Waals surface area (Å²) in [6.07, 6.45) is 0. The first kappa shape index (κ1) is 19.0. The highest BCUT2D eigenvalue weighted by atomic mass is 32.2. The number of rotatable bonds is 8. The van der Waals surface area contributed by atoms with Crippen LogP contribution in [0, 0.1) is 0 Å². The molecule has 6 nitrogen and oxygen atoms in total. The van der Waals surface area contributed by atoms with Crippen molar-refractivity contribution in [2.45, 2.75) is 18.7 Å². The fourth-order valence-corrected chi connectivity index (χ4v) is 3.82. The van der Waals surface area contributed by atoms with E-state index < -0.39 is 10.0 Å². The number of nitrogens with one attached hydrogen (secondary N) is 2. The van der Waals surface area contributed by atoms with Gasteiger partial charge in [-0.3, -0.25) is 4.79 Å². The summed E-state index contributed by atoms with van der Waals surface area (Å²) >= 11 is 0. The van der Waals surface area contributed by atoms with E-state index in [2.05, 4.69) is 10.6 Å². The quantitative estimate of drug-likeness (QED) is 0.758. The molecule has 2 rings (SSSR count). The third-order valence-corrected chi connectivity index (χ3v) is 5.77. The Morgan fingerprint density at radius 1 is 0.920 bits per heavy atom. The molecule has 25 heavy (non-hydrogen) atoms. The van der Waals surface area contributed by atoms with Crippen molar-refractivity contribution in [2.75, 3.05) is 30.3 Å². The van der Waals surface area contributed by atoms with Gasteiger partial charge in [0, 0.05) is 24.5 Å². The molecule has 1 amide bonds. The normalized spacial score (nSPS) is 11.3. The zero-order chi connectivity index (χ0) is 18.3. The van der Waals surface area contributed by atoms with Crippen LogP contribution in [0.15, 0.2) is 59.5 Å². The summed E-state index contributed by atoms with van der Waals surface area (Å²) in [4.78, 5) is 12.2. The van der Waals surface area contributed by atoms with Crippen LogP contribution in [0.25, 0.3) is 0 Å². The molecule has 2 N–H and O–H groups in total. The molecule has 0 aliphatic carbocycles. The second kappa shape index (κ2) is 8.64. The van der Waals surface area contributed by atoms with Crippen LogP contribution in [-0.2, 0) is 14.8 Å². The van der Waals surface area contributed by atoms with Crippen molar-refractivity contribution in [1.82, 2.24) is 4.31 Å². The largest absolute Gasteiger partial charge is 0.376 e. The van der Waals surface area contributed by atoms with Crippen molar-refractivity contribution in [3.8, 4) is 0 Å². The minimum absolute atomic E-state index is 0.128. The van der Waals surface area contributed by atoms with Gasteiger partial charge in [-0.15, -0.1) is 0 Å². The van der Waals surface area contributed by atoms with Gasteiger partial charge in [-0.1, -0.05) is 32.0 Å². The average Bonchev–Trinajstić information content (AvgIpc) is 2.62. The molecule has 0 saturated carbocycles. The fourth-order valence-electron chi connectivity index (χ4n) is 2.37. The van der Waals surface area contributed by atoms with E-state index in [4.69, 9.17) is 0 Å². The zero-order valence-corrected chi connectivity index (χ0v) is 15.2. The van der Waals surface area contributed by atoms with Crippen LogP contribution in [0.4, 0.5) is 11.4 Å². The van der Waals surface area contributed by atoms with Gasteiger partial charge in [0.25, 0.3) is 0 Å². The number of para-hydroxylation sites is 1. The van der Waals surface area contributed by atoms with Crippen molar-refractivity contribution < 1.29 is 13.2 Å². The Bertz CT molecular complexity index is 786. The molecular weight excluding hydrogens is 338 g/mol. The minimum atomic E-state index is -3.48. The Morgan fingerprint density at radius 3 is 2.08 bits per heavy atom. The second-order valence-electron chi connectivity index (χ2n) is 5.38. The first-order valence-electron chi connectivity index (χ1n) is 8.16. The molecule has 0 heterocycles. The lowest BCUT2D eigenvalue weighted by molar-refractivity contribution is -0.114. The number of carbonyl (C=O) groups is 1. The molecule has 0 radical (unpaired) electrons. The Labute approximate surface area is 148 Å². The summed E-state index contributed by atoms with van der Waals surface area (Å²) in [6.45, 7) is 4.57. The maximum Gasteiger partial charge on any atom is 0.243 e. The van der Waals surface area contributed by atoms with Gasteiger partial charge in [-0.05, 0) is 36.4 Å². The number of amides is 1. The Morgan fingerprint density at radius 2 is 1.52 bits per heavy atom. The van der Waals surface area contributed by atoms with Gasteiger partial charge >= 0.3 is 0 Å². The van der Waals surface area contributed by atoms with Gasteiger partial charge in [0.15, 0.2) is 0 Å². The molecule has 0 saturated heterocycles. The van der Waals surface area contributed by atoms with E-state index in [1.807, 2.05) is 30.3 Å². The summed E-state index contributed by atoms with van der Waals surface area (Å²) in [7, 11) is -3.48. The van der Waals surface area contributed by atoms with E-state index in [0.29, 0.717) is 18.8 Å². The van der Waals surface area contributed by atoms with Crippen LogP contribution in [0.2, 0.25) is 0 Å². The number of nitrogens with zero attached hydrogens (tertiary/aromatic N) is 1. The van der Waals surface area contributed by atoms with Crippen LogP contribution >= 0.6 is 0 Å². The molecule has 7 heteroatoms. The summed E-state index contributed by atoms with van der Waals surface area (Å²) in [5.41, 5.74) is 1.41. The van der Waals surface area contributed by atoms with E-state index in [-0.39, 0.29) is 17.3 Å². The van der Waals surface area contributed by atoms with Crippen LogP contribution in [0.1, 0.15) is 13.8 Å². The lowest BCUT2D eigenvalue weighted by Gasteiger charge is -2.18. The smallest absolute Gasteiger partial charge is 0.243 e. The van der Waals surface area contributed by atoms with Gasteiger partial charge in [-0.2, -0.15) is 4.31 Å². The molecule has 134 valence electrons. The predicted octanol–water partition coefficient (Wildman–Crippen LogP) is 2.77. The van der Waals surface area contributed by atoms with Crippen molar-refractivity contribution in [3.63, 3.8) is 0 Å². The Balaban J connectivity index is 1.97. The number of anilines is 2. The Kier molecular flexibility index (Phi) is 6.55. The van der Waals surface area contributed by atoms with Gasteiger partial charge in [0.2, 0.25) is 15.9 Å². The van der Waals surface area contributed by atoms with E-state index in [9.17, 15) is 13.2 Å². The maximum absolute atomic E-state index is 12.4. The van der Waals surface area contributed by atoms with E-state index in [0.717, 1.165) is 5.69 Å². The highest BCUT2D eigenvalue weighted by molar-refractivity contribution is 7.89. The second-order valence-corrected chi connectivity index (χ2v) is 7.32. The molecular formula is C18H23N3O3S. The van der Waals surface area contributed by atoms with E-state index in [1.54, 1.807) is 26.0 Å². The molecule has 0 aliphatic heterocycles. The number of hydrogen-bond acceptors (Lipinski definition) is 4. The van der Waals surface area contributed by atoms with Gasteiger partial charge in [0.05, 0.1) is 11.4 Å². The SMILES string of the molecule is CCN(CC)S(=O)(=O)c1ccc(NC(=O)CNc2ccccc2)cc1. The lowest BCUT2D eigenvalue weighted by Crippen LogP contribution is -2.30. The van der Waals surface area contributed by atoms with Gasteiger partial charge in [0.1, 0.15) is 0 Å². The fraction of sp³-hybridized carbons (Fsp3) is 0.278. The number of carbonyl (C=O) groups excluding carboxylic acids is 1. The summed E-state index contributed by atoms with van der Waals surface area (Å²) < 4.78 is 26.2. The van der Waals surface area contributed by atoms with Crippen molar-refractivity contribution in [1.29, 1.82) is 0 Å². The summed E-state index contributed by atoms with van der Waals surface area (Å²) in [5, 5.41) is 5.75. The first-order chi connectivity index (χ1) is 12.0. The number of sulfonamides is 1. The molecule has 2 aromatic rings. The molecule has 0 atom stereocenters. The summed E-state index contributed by atoms with van der Waals surface area (Å²) in [5.74, 6) is -0.205. The number of benzene rings is 2. The molecule has 0 bridgehead atoms. The van der Waals surface area contributed by atoms with Crippen LogP contribution in [0.3, 0.4) is 0 Å². The highest BCUT2D eigenvalue weighted by Gasteiger charge is 2.21. The Hall–Kier alpha value is -2.38. The average molecular weight is 361 g/mol. The third kappa shape index (κ3) is 5.04. The van der Waals surface area contributed by atoms with Crippen LogP contribution < -0.4 is 10.6 Å². The third-order valence-electron chi connectivity index (χ3n) is 3.71. The van der Waals surface area contributed by atoms with Crippen LogP contribution in [-0.4, -0.2) is 38.3 Å². The minimum Gasteiger partial charge on any atom is -0.376 e. The molecule has 0 spiro atoms. The van der Waals surface area contributed by atoms with Crippen LogP contribution in [0.5, 0.6) is 0 Å². The van der Waals surface area contributed by atoms with Gasteiger partial charge < -0.3 is 10.6 Å². The highest BCUT2D eigenvalue weighted by Crippen LogP contribution is 2.18. The molecule has 0 aromatic heterocycles. The number of hydrogen-bond donors (Lipinski definition) is 2. The van der Waals surface area contributed by atoms with E-state index in [1.165, 1.54) is 16.4 Å². The lowest BCUT2D eigenvalue weighted by atomic mass is 10.3. The molecule has 0 aliphatic rings. The first-order valence-corrected chi connectivity index (χ1v) is 9.60. The topological polar surface area (TPSA) is 78.5 Å². The maximum atomic E-state index is 12.4. The van der Waals surface area contributed by atoms with Crippen molar-refractivity contribution in [2.24, 2.45) is 0 Å². The molecule has 2 aromatic carbocycles. The molecule has 0 unspecified atom stereocenters.